The van der Waals surface area contributed by atoms with Crippen molar-refractivity contribution < 1.29 is 0 Å². The Morgan fingerprint density at radius 1 is 0.293 bits per heavy atom. The van der Waals surface area contributed by atoms with Gasteiger partial charge in [0.1, 0.15) is 0 Å². The third-order valence-corrected chi connectivity index (χ3v) is 35.0. The van der Waals surface area contributed by atoms with Crippen LogP contribution in [0.3, 0.4) is 0 Å². The summed E-state index contributed by atoms with van der Waals surface area (Å²) in [5.74, 6) is 0. The second-order valence-corrected chi connectivity index (χ2v) is 50.7. The first kappa shape index (κ1) is 82.7. The van der Waals surface area contributed by atoms with Crippen LogP contribution in [-0.2, 0) is 71.4 Å². The van der Waals surface area contributed by atoms with Crippen LogP contribution in [-0.4, -0.2) is 13.4 Å². The molecule has 20 rings (SSSR count). The van der Waals surface area contributed by atoms with Gasteiger partial charge in [0.05, 0.1) is 10.0 Å². The van der Waals surface area contributed by atoms with Crippen molar-refractivity contribution in [2.75, 3.05) is 19.6 Å². The largest absolute Gasteiger partial charge is 0.311 e. The summed E-state index contributed by atoms with van der Waals surface area (Å²) in [6.45, 7) is 71.5. The fourth-order valence-corrected chi connectivity index (χ4v) is 26.4. The molecule has 0 saturated heterocycles. The number of nitrogens with zero attached hydrogens (tertiary/aromatic N) is 4. The number of hydrogen-bond donors (Lipinski definition) is 0. The standard InChI is InChI=1S/C115H134B2N4S2/c1-67-54-92-100-93(55-67)121(89-64-84-80(56-68(89)2)109(16,17)48-51-113(84,24)25)91-66-86-83(112(22,23)50-53-115(86,28)29)63-88(91)117(100)99-78-60-73(35-43-97(78)123-102(99)119(92)74-36-30-70(31-37-74)104(3,4)5)107(12,13)45-44-69-57-94-101-95(58-69)120(75-38-32-71(33-39-75)105(6,7)8)103-98(77-59-72(106(9,10)11)34-42-96(77)122-103)116(101)87-62-82-85(114(26,27)52-49-111(82,20)21)65-90(87)118(94)76-40-41-79-81(61-76)110(18,19)47-46-108(79,14)15/h30-43,54-66H,44-53H2,1-29H3. The Kier molecular flexibility index (Phi) is 18.0. The van der Waals surface area contributed by atoms with E-state index in [1.54, 1.807) is 0 Å². The average molecular weight is 1660 g/mol. The molecule has 0 unspecified atom stereocenters. The molecule has 10 aromatic carbocycles. The van der Waals surface area contributed by atoms with Crippen molar-refractivity contribution in [2.24, 2.45) is 0 Å². The molecule has 8 heteroatoms. The molecule has 0 amide bonds. The molecule has 0 saturated carbocycles. The summed E-state index contributed by atoms with van der Waals surface area (Å²) in [5.41, 5.74) is 42.9. The van der Waals surface area contributed by atoms with E-state index in [-0.39, 0.29) is 78.4 Å². The molecule has 6 heterocycles. The Morgan fingerprint density at radius 3 is 1.06 bits per heavy atom. The van der Waals surface area contributed by atoms with Gasteiger partial charge < -0.3 is 19.6 Å². The van der Waals surface area contributed by atoms with E-state index in [4.69, 9.17) is 0 Å². The Balaban J connectivity index is 0.803. The maximum absolute atomic E-state index is 2.81. The summed E-state index contributed by atoms with van der Waals surface area (Å²) in [6.07, 6.45) is 11.1. The van der Waals surface area contributed by atoms with Gasteiger partial charge in [0.25, 0.3) is 13.4 Å². The smallest absolute Gasteiger partial charge is 0.254 e. The van der Waals surface area contributed by atoms with Crippen LogP contribution in [0.5, 0.6) is 0 Å². The summed E-state index contributed by atoms with van der Waals surface area (Å²) in [4.78, 5) is 11.1. The van der Waals surface area contributed by atoms with E-state index in [1.165, 1.54) is 216 Å². The van der Waals surface area contributed by atoms with Crippen LogP contribution in [0.2, 0.25) is 0 Å². The number of hydrogen-bond acceptors (Lipinski definition) is 6. The van der Waals surface area contributed by atoms with Gasteiger partial charge >= 0.3 is 0 Å². The van der Waals surface area contributed by atoms with Crippen LogP contribution in [0.25, 0.3) is 20.2 Å². The first-order chi connectivity index (χ1) is 57.3. The Hall–Kier alpha value is -8.55. The third-order valence-electron chi connectivity index (χ3n) is 32.7. The van der Waals surface area contributed by atoms with Crippen LogP contribution in [0.1, 0.15) is 328 Å². The first-order valence-electron chi connectivity index (χ1n) is 46.9. The lowest BCUT2D eigenvalue weighted by Gasteiger charge is -2.48. The maximum Gasteiger partial charge on any atom is 0.254 e. The quantitative estimate of drug-likeness (QED) is 0.141. The van der Waals surface area contributed by atoms with Gasteiger partial charge in [-0.3, -0.25) is 0 Å². The number of fused-ring (bicyclic) bond motifs is 16. The molecule has 0 fully saturated rings. The fourth-order valence-electron chi connectivity index (χ4n) is 23.9. The Bertz CT molecular complexity index is 6470. The molecule has 8 aliphatic rings. The van der Waals surface area contributed by atoms with Gasteiger partial charge in [-0.2, -0.15) is 0 Å². The lowest BCUT2D eigenvalue weighted by atomic mass is 9.33. The van der Waals surface area contributed by atoms with E-state index in [0.717, 1.165) is 51.4 Å². The van der Waals surface area contributed by atoms with E-state index < -0.39 is 0 Å². The van der Waals surface area contributed by atoms with E-state index in [9.17, 15) is 0 Å². The van der Waals surface area contributed by atoms with E-state index >= 15 is 0 Å². The highest BCUT2D eigenvalue weighted by Gasteiger charge is 2.53. The van der Waals surface area contributed by atoms with Crippen LogP contribution < -0.4 is 52.4 Å². The molecule has 0 spiro atoms. The van der Waals surface area contributed by atoms with Gasteiger partial charge in [-0.05, 0) is 361 Å². The third kappa shape index (κ3) is 12.8. The van der Waals surface area contributed by atoms with Crippen molar-refractivity contribution in [1.82, 2.24) is 0 Å². The van der Waals surface area contributed by atoms with Gasteiger partial charge in [-0.15, -0.1) is 22.7 Å². The normalized spacial score (nSPS) is 19.3. The summed E-state index contributed by atoms with van der Waals surface area (Å²) in [7, 11) is 0. The molecule has 632 valence electrons. The van der Waals surface area contributed by atoms with Crippen molar-refractivity contribution in [1.29, 1.82) is 0 Å². The topological polar surface area (TPSA) is 13.0 Å². The highest BCUT2D eigenvalue weighted by atomic mass is 32.1. The van der Waals surface area contributed by atoms with Gasteiger partial charge in [-0.25, -0.2) is 0 Å². The van der Waals surface area contributed by atoms with Crippen LogP contribution in [0.15, 0.2) is 164 Å². The van der Waals surface area contributed by atoms with Crippen molar-refractivity contribution >= 4 is 156 Å². The molecule has 0 bridgehead atoms. The number of thiophene rings is 2. The molecule has 4 aliphatic carbocycles. The van der Waals surface area contributed by atoms with E-state index in [1.807, 2.05) is 22.7 Å². The zero-order valence-corrected chi connectivity index (χ0v) is 81.6. The van der Waals surface area contributed by atoms with Crippen molar-refractivity contribution in [3.8, 4) is 0 Å². The van der Waals surface area contributed by atoms with Gasteiger partial charge in [-0.1, -0.05) is 260 Å². The van der Waals surface area contributed by atoms with Crippen molar-refractivity contribution in [2.45, 2.75) is 330 Å². The molecular formula is C115H134B2N4S2. The molecule has 4 aliphatic heterocycles. The molecule has 2 aromatic heterocycles. The lowest BCUT2D eigenvalue weighted by Crippen LogP contribution is -2.61. The second kappa shape index (κ2) is 26.8. The number of benzene rings is 10. The SMILES string of the molecule is Cc1cc2c3c(c1)N(c1ccc(C(C)(C)C)cc1)c1sc4ccc(C(C)(C)CCc5cc6c7c(c5)N(c5ccc(C(C)(C)C)cc5)c5sc8ccc(C(C)(C)C)cc8c5B7c5cc7c(cc5N6c5ccc6c(c5)C(C)(C)CCC6(C)C)C(C)(C)CCC7(C)C)cc4c1B3c1cc3c(cc1N2c1cc2c(cc1C)C(C)(C)CCC2(C)C)C(C)(C)CCC3(C)C. The minimum Gasteiger partial charge on any atom is -0.311 e. The van der Waals surface area contributed by atoms with E-state index in [0.29, 0.717) is 0 Å². The second-order valence-electron chi connectivity index (χ2n) is 48.7. The average Bonchev–Trinajstić information content (AvgIpc) is 1.68. The summed E-state index contributed by atoms with van der Waals surface area (Å²) in [5, 5.41) is 5.46. The molecule has 0 radical (unpaired) electrons. The molecule has 12 aromatic rings. The van der Waals surface area contributed by atoms with Crippen LogP contribution >= 0.6 is 22.7 Å². The zero-order chi connectivity index (χ0) is 87.4. The highest BCUT2D eigenvalue weighted by Crippen LogP contribution is 2.59. The first-order valence-corrected chi connectivity index (χ1v) is 48.5. The minimum absolute atomic E-state index is 0.000527. The van der Waals surface area contributed by atoms with E-state index in [2.05, 4.69) is 384 Å². The zero-order valence-electron chi connectivity index (χ0n) is 79.9. The maximum atomic E-state index is 2.81. The van der Waals surface area contributed by atoms with Crippen molar-refractivity contribution in [3.05, 3.63) is 247 Å². The number of anilines is 12. The summed E-state index contributed by atoms with van der Waals surface area (Å²) >= 11 is 4.02. The fraction of sp³-hybridized carbons (Fsp3) is 0.443. The lowest BCUT2D eigenvalue weighted by molar-refractivity contribution is 0.331. The summed E-state index contributed by atoms with van der Waals surface area (Å²) < 4.78 is 2.70. The number of aryl methyl sites for hydroxylation is 3. The monoisotopic (exact) mass is 1660 g/mol. The van der Waals surface area contributed by atoms with Crippen LogP contribution in [0, 0.1) is 13.8 Å². The van der Waals surface area contributed by atoms with Gasteiger partial charge in [0.15, 0.2) is 0 Å². The molecule has 0 atom stereocenters. The number of rotatable bonds is 8. The van der Waals surface area contributed by atoms with Gasteiger partial charge in [0, 0.05) is 66.3 Å². The van der Waals surface area contributed by atoms with Crippen LogP contribution in [0.4, 0.5) is 66.9 Å². The molecule has 123 heavy (non-hydrogen) atoms. The van der Waals surface area contributed by atoms with Gasteiger partial charge in [0.2, 0.25) is 0 Å². The molecule has 0 N–H and O–H groups in total. The predicted molar refractivity (Wildman–Crippen MR) is 540 cm³/mol. The predicted octanol–water partition coefficient (Wildman–Crippen LogP) is 29.1. The molecular weight excluding hydrogens is 1520 g/mol. The van der Waals surface area contributed by atoms with Crippen molar-refractivity contribution in [3.63, 3.8) is 0 Å². The minimum atomic E-state index is -0.259. The summed E-state index contributed by atoms with van der Waals surface area (Å²) in [6, 6.07) is 69.3. The Morgan fingerprint density at radius 2 is 0.626 bits per heavy atom. The Labute approximate surface area is 747 Å². The highest BCUT2D eigenvalue weighted by molar-refractivity contribution is 7.27. The molecule has 4 nitrogen and oxygen atoms in total.